The first-order chi connectivity index (χ1) is 11.2. The molecule has 0 fully saturated rings. The summed E-state index contributed by atoms with van der Waals surface area (Å²) in [5, 5.41) is 11.4. The van der Waals surface area contributed by atoms with Gasteiger partial charge in [-0.15, -0.1) is 5.10 Å². The number of para-hydroxylation sites is 1. The molecule has 0 bridgehead atoms. The van der Waals surface area contributed by atoms with Crippen molar-refractivity contribution in [2.45, 2.75) is 6.54 Å². The lowest BCUT2D eigenvalue weighted by atomic mass is 10.3. The molecule has 1 aromatic carbocycles. The molecular formula is C16H17N5O2. The molecule has 118 valence electrons. The second-order valence-electron chi connectivity index (χ2n) is 4.98. The maximum atomic E-state index is 12.5. The highest BCUT2D eigenvalue weighted by molar-refractivity contribution is 5.93. The summed E-state index contributed by atoms with van der Waals surface area (Å²) in [6.45, 7) is 0.349. The summed E-state index contributed by atoms with van der Waals surface area (Å²) in [5.41, 5.74) is 1.99. The molecule has 23 heavy (non-hydrogen) atoms. The number of carbonyl (C=O) groups is 1. The zero-order chi connectivity index (χ0) is 16.2. The summed E-state index contributed by atoms with van der Waals surface area (Å²) in [6, 6.07) is 12.9. The van der Waals surface area contributed by atoms with Crippen molar-refractivity contribution in [2.24, 2.45) is 7.05 Å². The van der Waals surface area contributed by atoms with Crippen molar-refractivity contribution in [1.29, 1.82) is 0 Å². The van der Waals surface area contributed by atoms with Gasteiger partial charge in [0.25, 0.3) is 5.91 Å². The zero-order valence-corrected chi connectivity index (χ0v) is 12.9. The molecule has 1 amide bonds. The van der Waals surface area contributed by atoms with E-state index in [0.717, 1.165) is 11.4 Å². The molecular weight excluding hydrogens is 294 g/mol. The van der Waals surface area contributed by atoms with E-state index >= 15 is 0 Å². The van der Waals surface area contributed by atoms with E-state index in [1.807, 2.05) is 49.6 Å². The van der Waals surface area contributed by atoms with Crippen LogP contribution < -0.4 is 10.1 Å². The predicted octanol–water partition coefficient (Wildman–Crippen LogP) is 1.54. The fourth-order valence-electron chi connectivity index (χ4n) is 2.21. The second-order valence-corrected chi connectivity index (χ2v) is 4.98. The first-order valence-corrected chi connectivity index (χ1v) is 7.13. The van der Waals surface area contributed by atoms with Gasteiger partial charge in [0.1, 0.15) is 5.69 Å². The summed E-state index contributed by atoms with van der Waals surface area (Å²) in [5.74, 6) is 0.146. The van der Waals surface area contributed by atoms with E-state index in [4.69, 9.17) is 4.74 Å². The van der Waals surface area contributed by atoms with Crippen LogP contribution in [0.3, 0.4) is 0 Å². The maximum absolute atomic E-state index is 12.5. The highest BCUT2D eigenvalue weighted by Crippen LogP contribution is 2.17. The Hall–Kier alpha value is -3.09. The van der Waals surface area contributed by atoms with Crippen LogP contribution in [-0.4, -0.2) is 32.6 Å². The lowest BCUT2D eigenvalue weighted by Gasteiger charge is -2.07. The van der Waals surface area contributed by atoms with Crippen molar-refractivity contribution in [1.82, 2.24) is 24.9 Å². The van der Waals surface area contributed by atoms with E-state index in [9.17, 15) is 4.79 Å². The number of rotatable bonds is 5. The van der Waals surface area contributed by atoms with E-state index < -0.39 is 0 Å². The van der Waals surface area contributed by atoms with Crippen molar-refractivity contribution in [3.63, 3.8) is 0 Å². The summed E-state index contributed by atoms with van der Waals surface area (Å²) in [7, 11) is 3.36. The molecule has 0 radical (unpaired) electrons. The van der Waals surface area contributed by atoms with Crippen LogP contribution >= 0.6 is 0 Å². The molecule has 1 N–H and O–H groups in total. The number of carbonyl (C=O) groups excluding carboxylic acids is 1. The van der Waals surface area contributed by atoms with Crippen molar-refractivity contribution >= 4 is 5.91 Å². The third kappa shape index (κ3) is 3.23. The van der Waals surface area contributed by atoms with Crippen LogP contribution in [0.15, 0.2) is 48.7 Å². The molecule has 0 aliphatic heterocycles. The van der Waals surface area contributed by atoms with Crippen LogP contribution in [0.4, 0.5) is 0 Å². The molecule has 3 rings (SSSR count). The molecule has 0 atom stereocenters. The minimum atomic E-state index is -0.240. The van der Waals surface area contributed by atoms with Gasteiger partial charge in [0.05, 0.1) is 25.0 Å². The second kappa shape index (κ2) is 6.35. The van der Waals surface area contributed by atoms with Gasteiger partial charge in [-0.05, 0) is 18.2 Å². The third-order valence-corrected chi connectivity index (χ3v) is 3.33. The number of methoxy groups -OCH3 is 1. The minimum Gasteiger partial charge on any atom is -0.480 e. The van der Waals surface area contributed by atoms with Gasteiger partial charge in [-0.2, -0.15) is 5.10 Å². The number of nitrogens with zero attached hydrogens (tertiary/aromatic N) is 4. The number of aromatic nitrogens is 4. The smallest absolute Gasteiger partial charge is 0.270 e. The molecule has 0 saturated heterocycles. The highest BCUT2D eigenvalue weighted by Gasteiger charge is 2.17. The van der Waals surface area contributed by atoms with Gasteiger partial charge in [0.15, 0.2) is 0 Å². The van der Waals surface area contributed by atoms with E-state index in [-0.39, 0.29) is 5.91 Å². The molecule has 3 aromatic rings. The Balaban J connectivity index is 1.83. The van der Waals surface area contributed by atoms with Gasteiger partial charge in [-0.25, -0.2) is 4.68 Å². The van der Waals surface area contributed by atoms with Crippen LogP contribution in [0.5, 0.6) is 5.88 Å². The molecule has 7 heteroatoms. The average Bonchev–Trinajstić information content (AvgIpc) is 3.19. The van der Waals surface area contributed by atoms with Crippen molar-refractivity contribution in [3.05, 3.63) is 60.0 Å². The van der Waals surface area contributed by atoms with Crippen LogP contribution in [0.2, 0.25) is 0 Å². The molecule has 7 nitrogen and oxygen atoms in total. The van der Waals surface area contributed by atoms with E-state index in [1.54, 1.807) is 15.4 Å². The zero-order valence-electron chi connectivity index (χ0n) is 12.9. The quantitative estimate of drug-likeness (QED) is 0.776. The van der Waals surface area contributed by atoms with E-state index in [2.05, 4.69) is 15.5 Å². The van der Waals surface area contributed by atoms with Crippen molar-refractivity contribution in [2.75, 3.05) is 7.11 Å². The molecule has 2 aromatic heterocycles. The largest absolute Gasteiger partial charge is 0.480 e. The fraction of sp³-hybridized carbons (Fsp3) is 0.188. The SMILES string of the molecule is COc1cc(C(=O)NCc2ccn(C)n2)n(-c2ccccc2)n1. The van der Waals surface area contributed by atoms with Gasteiger partial charge >= 0.3 is 0 Å². The van der Waals surface area contributed by atoms with Crippen LogP contribution in [-0.2, 0) is 13.6 Å². The predicted molar refractivity (Wildman–Crippen MR) is 84.5 cm³/mol. The van der Waals surface area contributed by atoms with E-state index in [0.29, 0.717) is 18.1 Å². The maximum Gasteiger partial charge on any atom is 0.270 e. The molecule has 2 heterocycles. The van der Waals surface area contributed by atoms with Gasteiger partial charge in [0.2, 0.25) is 5.88 Å². The van der Waals surface area contributed by atoms with Crippen LogP contribution in [0.25, 0.3) is 5.69 Å². The Morgan fingerprint density at radius 1 is 1.22 bits per heavy atom. The average molecular weight is 311 g/mol. The molecule has 0 spiro atoms. The molecule has 0 unspecified atom stereocenters. The van der Waals surface area contributed by atoms with Crippen LogP contribution in [0, 0.1) is 0 Å². The van der Waals surface area contributed by atoms with Gasteiger partial charge in [-0.3, -0.25) is 9.48 Å². The lowest BCUT2D eigenvalue weighted by Crippen LogP contribution is -2.25. The van der Waals surface area contributed by atoms with Gasteiger partial charge in [-0.1, -0.05) is 18.2 Å². The number of benzene rings is 1. The van der Waals surface area contributed by atoms with E-state index in [1.165, 1.54) is 7.11 Å². The summed E-state index contributed by atoms with van der Waals surface area (Å²) in [4.78, 5) is 12.5. The molecule has 0 saturated carbocycles. The monoisotopic (exact) mass is 311 g/mol. The first-order valence-electron chi connectivity index (χ1n) is 7.13. The highest BCUT2D eigenvalue weighted by atomic mass is 16.5. The van der Waals surface area contributed by atoms with Crippen molar-refractivity contribution in [3.8, 4) is 11.6 Å². The first kappa shape index (κ1) is 14.8. The summed E-state index contributed by atoms with van der Waals surface area (Å²) < 4.78 is 8.40. The Bertz CT molecular complexity index is 807. The Morgan fingerprint density at radius 3 is 2.65 bits per heavy atom. The number of hydrogen-bond acceptors (Lipinski definition) is 4. The lowest BCUT2D eigenvalue weighted by molar-refractivity contribution is 0.0942. The van der Waals surface area contributed by atoms with Crippen molar-refractivity contribution < 1.29 is 9.53 Å². The minimum absolute atomic E-state index is 0.240. The number of ether oxygens (including phenoxy) is 1. The number of amides is 1. The number of hydrogen-bond donors (Lipinski definition) is 1. The van der Waals surface area contributed by atoms with Gasteiger partial charge in [0, 0.05) is 19.3 Å². The fourth-order valence-corrected chi connectivity index (χ4v) is 2.21. The topological polar surface area (TPSA) is 74.0 Å². The standard InChI is InChI=1S/C16H17N5O2/c1-20-9-8-12(18-20)11-17-16(22)14-10-15(23-2)19-21(14)13-6-4-3-5-7-13/h3-10H,11H2,1-2H3,(H,17,22). The molecule has 0 aliphatic rings. The summed E-state index contributed by atoms with van der Waals surface area (Å²) >= 11 is 0. The van der Waals surface area contributed by atoms with Gasteiger partial charge < -0.3 is 10.1 Å². The van der Waals surface area contributed by atoms with Crippen LogP contribution in [0.1, 0.15) is 16.2 Å². The summed E-state index contributed by atoms with van der Waals surface area (Å²) in [6.07, 6.45) is 1.83. The Labute approximate surface area is 133 Å². The molecule has 0 aliphatic carbocycles. The third-order valence-electron chi connectivity index (χ3n) is 3.33. The Morgan fingerprint density at radius 2 is 2.00 bits per heavy atom. The number of nitrogens with one attached hydrogen (secondary N) is 1. The Kier molecular flexibility index (Phi) is 4.09. The normalized spacial score (nSPS) is 10.5. The number of aryl methyl sites for hydroxylation is 1.